The van der Waals surface area contributed by atoms with Gasteiger partial charge in [-0.05, 0) is 41.3 Å². The minimum Gasteiger partial charge on any atom is -0.378 e. The van der Waals surface area contributed by atoms with E-state index in [1.165, 1.54) is 12.3 Å². The molecule has 1 fully saturated rings. The van der Waals surface area contributed by atoms with Gasteiger partial charge in [-0.1, -0.05) is 0 Å². The van der Waals surface area contributed by atoms with Crippen LogP contribution in [0, 0.1) is 0 Å². The molecular formula is C12H15BrN2O3. The lowest BCUT2D eigenvalue weighted by molar-refractivity contribution is 0.0907. The topological polar surface area (TPSA) is 71.2 Å². The molecule has 1 amide bonds. The van der Waals surface area contributed by atoms with Crippen molar-refractivity contribution in [1.82, 2.24) is 10.3 Å². The molecule has 0 saturated carbocycles. The highest BCUT2D eigenvalue weighted by atomic mass is 79.9. The highest BCUT2D eigenvalue weighted by Gasteiger charge is 2.15. The molecule has 0 aromatic carbocycles. The molecule has 2 heterocycles. The molecule has 1 atom stereocenters. The Morgan fingerprint density at radius 2 is 2.44 bits per heavy atom. The molecular weight excluding hydrogens is 300 g/mol. The molecule has 6 heteroatoms. The molecule has 0 aliphatic carbocycles. The summed E-state index contributed by atoms with van der Waals surface area (Å²) in [4.78, 5) is 25.4. The van der Waals surface area contributed by atoms with E-state index in [4.69, 9.17) is 4.74 Å². The van der Waals surface area contributed by atoms with Crippen LogP contribution in [0.5, 0.6) is 0 Å². The molecule has 98 valence electrons. The fraction of sp³-hybridized carbons (Fsp3) is 0.500. The molecule has 0 radical (unpaired) electrons. The molecule has 1 aliphatic rings. The number of nitrogens with one attached hydrogen (secondary N) is 2. The summed E-state index contributed by atoms with van der Waals surface area (Å²) in [6.07, 6.45) is 4.68. The van der Waals surface area contributed by atoms with E-state index in [0.29, 0.717) is 16.6 Å². The van der Waals surface area contributed by atoms with Gasteiger partial charge in [0.2, 0.25) is 0 Å². The van der Waals surface area contributed by atoms with Crippen LogP contribution in [0.25, 0.3) is 0 Å². The minimum atomic E-state index is -0.245. The Hall–Kier alpha value is -1.14. The number of aromatic amines is 1. The lowest BCUT2D eigenvalue weighted by atomic mass is 10.2. The van der Waals surface area contributed by atoms with Crippen LogP contribution in [0.2, 0.25) is 0 Å². The second kappa shape index (κ2) is 6.15. The van der Waals surface area contributed by atoms with E-state index in [2.05, 4.69) is 26.2 Å². The van der Waals surface area contributed by atoms with Gasteiger partial charge in [0.25, 0.3) is 11.5 Å². The predicted octanol–water partition coefficient (Wildman–Crippen LogP) is 1.44. The lowest BCUT2D eigenvalue weighted by Gasteiger charge is -2.10. The Morgan fingerprint density at radius 3 is 3.11 bits per heavy atom. The number of pyridine rings is 1. The van der Waals surface area contributed by atoms with Gasteiger partial charge in [-0.2, -0.15) is 0 Å². The molecule has 2 rings (SSSR count). The van der Waals surface area contributed by atoms with Gasteiger partial charge in [0.15, 0.2) is 0 Å². The molecule has 0 unspecified atom stereocenters. The van der Waals surface area contributed by atoms with Crippen LogP contribution in [0.4, 0.5) is 0 Å². The Balaban J connectivity index is 1.83. The van der Waals surface area contributed by atoms with Crippen LogP contribution in [0.1, 0.15) is 29.6 Å². The fourth-order valence-corrected chi connectivity index (χ4v) is 2.27. The van der Waals surface area contributed by atoms with Crippen LogP contribution >= 0.6 is 15.9 Å². The maximum atomic E-state index is 11.8. The van der Waals surface area contributed by atoms with E-state index in [1.54, 1.807) is 0 Å². The number of hydrogen-bond donors (Lipinski definition) is 2. The Kier molecular flexibility index (Phi) is 4.54. The van der Waals surface area contributed by atoms with Crippen molar-refractivity contribution in [2.75, 3.05) is 13.2 Å². The number of amides is 1. The number of ether oxygens (including phenoxy) is 1. The smallest absolute Gasteiger partial charge is 0.262 e. The first-order valence-corrected chi connectivity index (χ1v) is 6.74. The van der Waals surface area contributed by atoms with Gasteiger partial charge >= 0.3 is 0 Å². The van der Waals surface area contributed by atoms with Crippen molar-refractivity contribution < 1.29 is 9.53 Å². The first kappa shape index (κ1) is 13.3. The number of H-pyrrole nitrogens is 1. The van der Waals surface area contributed by atoms with Crippen molar-refractivity contribution >= 4 is 21.8 Å². The van der Waals surface area contributed by atoms with Crippen molar-refractivity contribution in [2.45, 2.75) is 25.4 Å². The minimum absolute atomic E-state index is 0.190. The molecule has 1 aromatic rings. The number of carbonyl (C=O) groups excluding carboxylic acids is 1. The summed E-state index contributed by atoms with van der Waals surface area (Å²) in [5.74, 6) is -0.190. The summed E-state index contributed by atoms with van der Waals surface area (Å²) in [7, 11) is 0. The Labute approximate surface area is 113 Å². The quantitative estimate of drug-likeness (QED) is 0.883. The monoisotopic (exact) mass is 314 g/mol. The highest BCUT2D eigenvalue weighted by Crippen LogP contribution is 2.14. The van der Waals surface area contributed by atoms with Crippen LogP contribution in [0.3, 0.4) is 0 Å². The third kappa shape index (κ3) is 3.43. The van der Waals surface area contributed by atoms with Gasteiger partial charge in [0, 0.05) is 19.3 Å². The van der Waals surface area contributed by atoms with E-state index >= 15 is 0 Å². The largest absolute Gasteiger partial charge is 0.378 e. The average molecular weight is 315 g/mol. The predicted molar refractivity (Wildman–Crippen MR) is 70.7 cm³/mol. The van der Waals surface area contributed by atoms with Crippen molar-refractivity contribution in [3.05, 3.63) is 32.7 Å². The van der Waals surface area contributed by atoms with Gasteiger partial charge in [0.05, 0.1) is 16.1 Å². The Morgan fingerprint density at radius 1 is 1.61 bits per heavy atom. The van der Waals surface area contributed by atoms with Gasteiger partial charge in [-0.3, -0.25) is 9.59 Å². The maximum absolute atomic E-state index is 11.8. The van der Waals surface area contributed by atoms with E-state index in [-0.39, 0.29) is 17.6 Å². The van der Waals surface area contributed by atoms with Gasteiger partial charge in [-0.15, -0.1) is 0 Å². The molecule has 1 aliphatic heterocycles. The van der Waals surface area contributed by atoms with E-state index in [9.17, 15) is 9.59 Å². The summed E-state index contributed by atoms with van der Waals surface area (Å²) in [5.41, 5.74) is 0.194. The summed E-state index contributed by atoms with van der Waals surface area (Å²) in [6.45, 7) is 1.41. The second-order valence-corrected chi connectivity index (χ2v) is 5.10. The van der Waals surface area contributed by atoms with Crippen LogP contribution in [-0.4, -0.2) is 30.1 Å². The summed E-state index contributed by atoms with van der Waals surface area (Å²) in [6, 6.07) is 1.51. The van der Waals surface area contributed by atoms with Crippen LogP contribution < -0.4 is 10.9 Å². The first-order chi connectivity index (χ1) is 8.66. The number of rotatable bonds is 4. The number of carbonyl (C=O) groups is 1. The third-order valence-electron chi connectivity index (χ3n) is 2.90. The van der Waals surface area contributed by atoms with Gasteiger partial charge in [0.1, 0.15) is 0 Å². The Bertz CT molecular complexity index is 480. The van der Waals surface area contributed by atoms with Crippen molar-refractivity contribution in [1.29, 1.82) is 0 Å². The average Bonchev–Trinajstić information content (AvgIpc) is 2.85. The van der Waals surface area contributed by atoms with Crippen molar-refractivity contribution in [2.24, 2.45) is 0 Å². The lowest BCUT2D eigenvalue weighted by Crippen LogP contribution is -2.27. The van der Waals surface area contributed by atoms with E-state index < -0.39 is 0 Å². The van der Waals surface area contributed by atoms with E-state index in [1.807, 2.05) is 0 Å². The first-order valence-electron chi connectivity index (χ1n) is 5.95. The number of halogens is 1. The maximum Gasteiger partial charge on any atom is 0.262 e. The van der Waals surface area contributed by atoms with Crippen molar-refractivity contribution in [3.8, 4) is 0 Å². The number of aromatic nitrogens is 1. The summed E-state index contributed by atoms with van der Waals surface area (Å²) < 4.78 is 5.82. The zero-order valence-corrected chi connectivity index (χ0v) is 11.5. The standard InChI is InChI=1S/C12H15BrN2O3/c13-10-6-8(7-15-12(10)17)11(16)14-4-3-9-2-1-5-18-9/h6-7,9H,1-5H2,(H,14,16)(H,15,17)/t9-/m0/s1. The highest BCUT2D eigenvalue weighted by molar-refractivity contribution is 9.10. The summed E-state index contributed by atoms with van der Waals surface area (Å²) in [5, 5.41) is 2.81. The molecule has 18 heavy (non-hydrogen) atoms. The second-order valence-electron chi connectivity index (χ2n) is 4.25. The SMILES string of the molecule is O=C(NCC[C@@H]1CCCO1)c1c[nH]c(=O)c(Br)c1. The summed E-state index contributed by atoms with van der Waals surface area (Å²) >= 11 is 3.09. The van der Waals surface area contributed by atoms with Crippen molar-refractivity contribution in [3.63, 3.8) is 0 Å². The zero-order valence-electron chi connectivity index (χ0n) is 9.87. The molecule has 0 spiro atoms. The van der Waals surface area contributed by atoms with Crippen LogP contribution in [0.15, 0.2) is 21.5 Å². The van der Waals surface area contributed by atoms with Crippen LogP contribution in [-0.2, 0) is 4.74 Å². The molecule has 0 bridgehead atoms. The van der Waals surface area contributed by atoms with E-state index in [0.717, 1.165) is 25.9 Å². The zero-order chi connectivity index (χ0) is 13.0. The molecule has 1 aromatic heterocycles. The third-order valence-corrected chi connectivity index (χ3v) is 3.48. The van der Waals surface area contributed by atoms with Gasteiger partial charge < -0.3 is 15.0 Å². The number of hydrogen-bond acceptors (Lipinski definition) is 3. The molecule has 2 N–H and O–H groups in total. The molecule has 1 saturated heterocycles. The molecule has 5 nitrogen and oxygen atoms in total. The fourth-order valence-electron chi connectivity index (χ4n) is 1.91. The normalized spacial score (nSPS) is 18.8. The van der Waals surface area contributed by atoms with Gasteiger partial charge in [-0.25, -0.2) is 0 Å².